The average molecular weight is 196 g/mol. The third-order valence-corrected chi connectivity index (χ3v) is 1.83. The fourth-order valence-corrected chi connectivity index (χ4v) is 1.20. The number of halogens is 3. The van der Waals surface area contributed by atoms with E-state index in [1.54, 1.807) is 0 Å². The monoisotopic (exact) mass is 195 g/mol. The highest BCUT2D eigenvalue weighted by atomic mass is 35.6. The van der Waals surface area contributed by atoms with Gasteiger partial charge >= 0.3 is 0 Å². The third kappa shape index (κ3) is 6.98. The molecule has 0 amide bonds. The summed E-state index contributed by atoms with van der Waals surface area (Å²) >= 11 is 12.9. The summed E-state index contributed by atoms with van der Waals surface area (Å²) < 4.78 is 17.8. The summed E-state index contributed by atoms with van der Waals surface area (Å²) in [5.41, 5.74) is 0. The summed E-state index contributed by atoms with van der Waals surface area (Å²) in [6.45, 7) is 0. The maximum atomic E-state index is 9.76. The van der Waals surface area contributed by atoms with Gasteiger partial charge in [-0.2, -0.15) is 0 Å². The first-order chi connectivity index (χ1) is 3.42. The Morgan fingerprint density at radius 3 is 1.88 bits per heavy atom. The Morgan fingerprint density at radius 2 is 1.88 bits per heavy atom. The van der Waals surface area contributed by atoms with E-state index in [0.29, 0.717) is 0 Å². The predicted molar refractivity (Wildman–Crippen MR) is 34.1 cm³/mol. The third-order valence-electron chi connectivity index (χ3n) is 0.282. The van der Waals surface area contributed by atoms with Crippen LogP contribution < -0.4 is 0 Å². The zero-order chi connectivity index (χ0) is 6.78. The van der Waals surface area contributed by atoms with Crippen molar-refractivity contribution in [2.75, 3.05) is 5.75 Å². The van der Waals surface area contributed by atoms with Gasteiger partial charge in [0.2, 0.25) is 3.79 Å². The zero-order valence-electron chi connectivity index (χ0n) is 3.57. The quantitative estimate of drug-likeness (QED) is 0.468. The molecule has 2 nitrogen and oxygen atoms in total. The highest BCUT2D eigenvalue weighted by Crippen LogP contribution is 2.26. The number of rotatable bonds is 1. The lowest BCUT2D eigenvalue weighted by Crippen LogP contribution is -2.13. The van der Waals surface area contributed by atoms with Crippen molar-refractivity contribution in [1.82, 2.24) is 0 Å². The van der Waals surface area contributed by atoms with E-state index in [1.165, 1.54) is 0 Å². The van der Waals surface area contributed by atoms with Gasteiger partial charge in [-0.25, -0.2) is 0 Å². The SMILES string of the molecule is O=S([O-])CC(Cl)(Cl)Cl. The van der Waals surface area contributed by atoms with E-state index in [4.69, 9.17) is 34.8 Å². The van der Waals surface area contributed by atoms with Gasteiger partial charge in [-0.15, -0.1) is 0 Å². The van der Waals surface area contributed by atoms with Crippen LogP contribution in [0.5, 0.6) is 0 Å². The molecule has 0 aliphatic heterocycles. The largest absolute Gasteiger partial charge is 0.772 e. The summed E-state index contributed by atoms with van der Waals surface area (Å²) in [5.74, 6) is -0.461. The second-order valence-electron chi connectivity index (χ2n) is 1.06. The Morgan fingerprint density at radius 1 is 1.50 bits per heavy atom. The molecule has 0 spiro atoms. The first kappa shape index (κ1) is 8.98. The molecule has 0 aliphatic rings. The second kappa shape index (κ2) is 3.22. The van der Waals surface area contributed by atoms with Crippen LogP contribution in [0.15, 0.2) is 0 Å². The van der Waals surface area contributed by atoms with Crippen LogP contribution >= 0.6 is 34.8 Å². The van der Waals surface area contributed by atoms with Crippen molar-refractivity contribution in [3.63, 3.8) is 0 Å². The Kier molecular flexibility index (Phi) is 3.62. The topological polar surface area (TPSA) is 40.1 Å². The molecule has 0 saturated heterocycles. The minimum atomic E-state index is -2.28. The highest BCUT2D eigenvalue weighted by molar-refractivity contribution is 7.79. The van der Waals surface area contributed by atoms with Gasteiger partial charge in [0.15, 0.2) is 0 Å². The molecule has 0 bridgehead atoms. The minimum absolute atomic E-state index is 0.461. The Labute approximate surface area is 64.4 Å². The van der Waals surface area contributed by atoms with Crippen LogP contribution in [-0.4, -0.2) is 18.3 Å². The molecule has 1 atom stereocenters. The molecule has 0 N–H and O–H groups in total. The van der Waals surface area contributed by atoms with Crippen LogP contribution in [0.1, 0.15) is 0 Å². The molecule has 8 heavy (non-hydrogen) atoms. The van der Waals surface area contributed by atoms with Crippen LogP contribution in [0.2, 0.25) is 0 Å². The maximum absolute atomic E-state index is 9.76. The molecular formula is C2H2Cl3O2S-. The summed E-state index contributed by atoms with van der Waals surface area (Å²) in [7, 11) is 0. The number of hydrogen-bond acceptors (Lipinski definition) is 2. The molecule has 0 fully saturated rings. The molecule has 6 heteroatoms. The molecule has 50 valence electrons. The predicted octanol–water partition coefficient (Wildman–Crippen LogP) is 1.24. The molecule has 0 aliphatic carbocycles. The van der Waals surface area contributed by atoms with Crippen molar-refractivity contribution < 1.29 is 8.76 Å². The molecule has 1 unspecified atom stereocenters. The first-order valence-corrected chi connectivity index (χ1v) is 3.92. The molecule has 0 saturated carbocycles. The average Bonchev–Trinajstić information content (AvgIpc) is 1.21. The summed E-state index contributed by atoms with van der Waals surface area (Å²) in [5, 5.41) is 0. The Bertz CT molecular complexity index is 97.9. The lowest BCUT2D eigenvalue weighted by Gasteiger charge is -2.11. The van der Waals surface area contributed by atoms with E-state index < -0.39 is 20.6 Å². The number of alkyl halides is 3. The molecular weight excluding hydrogens is 194 g/mol. The van der Waals surface area contributed by atoms with Crippen LogP contribution in [-0.2, 0) is 11.1 Å². The molecule has 0 aromatic rings. The van der Waals surface area contributed by atoms with Gasteiger partial charge in [-0.3, -0.25) is 4.21 Å². The standard InChI is InChI=1S/C2H3Cl3O2S/c3-2(4,5)1-8(6)7/h1H2,(H,6,7)/p-1. The van der Waals surface area contributed by atoms with Crippen molar-refractivity contribution in [2.24, 2.45) is 0 Å². The molecule has 0 rings (SSSR count). The molecule has 0 heterocycles. The van der Waals surface area contributed by atoms with Gasteiger partial charge in [-0.1, -0.05) is 45.9 Å². The Balaban J connectivity index is 3.55. The fourth-order valence-electron chi connectivity index (χ4n) is 0.134. The van der Waals surface area contributed by atoms with E-state index in [0.717, 1.165) is 0 Å². The molecule has 0 aromatic heterocycles. The van der Waals surface area contributed by atoms with Crippen molar-refractivity contribution in [3.05, 3.63) is 0 Å². The van der Waals surface area contributed by atoms with Crippen LogP contribution in [0.3, 0.4) is 0 Å². The van der Waals surface area contributed by atoms with Crippen molar-refractivity contribution in [3.8, 4) is 0 Å². The van der Waals surface area contributed by atoms with Gasteiger partial charge in [-0.05, 0) is 0 Å². The van der Waals surface area contributed by atoms with Crippen molar-refractivity contribution >= 4 is 45.9 Å². The summed E-state index contributed by atoms with van der Waals surface area (Å²) in [6.07, 6.45) is 0. The van der Waals surface area contributed by atoms with Crippen molar-refractivity contribution in [2.45, 2.75) is 3.79 Å². The smallest absolute Gasteiger partial charge is 0.200 e. The highest BCUT2D eigenvalue weighted by Gasteiger charge is 2.18. The molecule has 0 aromatic carbocycles. The van der Waals surface area contributed by atoms with Crippen LogP contribution in [0, 0.1) is 0 Å². The van der Waals surface area contributed by atoms with E-state index >= 15 is 0 Å². The summed E-state index contributed by atoms with van der Waals surface area (Å²) in [4.78, 5) is 0. The van der Waals surface area contributed by atoms with E-state index in [2.05, 4.69) is 0 Å². The normalized spacial score (nSPS) is 16.0. The van der Waals surface area contributed by atoms with Gasteiger partial charge in [0.05, 0.1) is 5.75 Å². The number of hydrogen-bond donors (Lipinski definition) is 0. The molecule has 0 radical (unpaired) electrons. The van der Waals surface area contributed by atoms with E-state index in [-0.39, 0.29) is 0 Å². The van der Waals surface area contributed by atoms with Gasteiger partial charge in [0.25, 0.3) is 0 Å². The van der Waals surface area contributed by atoms with Gasteiger partial charge < -0.3 is 4.55 Å². The lowest BCUT2D eigenvalue weighted by molar-refractivity contribution is 0.537. The minimum Gasteiger partial charge on any atom is -0.772 e. The van der Waals surface area contributed by atoms with Gasteiger partial charge in [0.1, 0.15) is 0 Å². The van der Waals surface area contributed by atoms with E-state index in [9.17, 15) is 8.76 Å². The fraction of sp³-hybridized carbons (Fsp3) is 1.00. The zero-order valence-corrected chi connectivity index (χ0v) is 6.65. The van der Waals surface area contributed by atoms with Crippen LogP contribution in [0.4, 0.5) is 0 Å². The van der Waals surface area contributed by atoms with Crippen molar-refractivity contribution in [1.29, 1.82) is 0 Å². The van der Waals surface area contributed by atoms with Gasteiger partial charge in [0, 0.05) is 0 Å². The maximum Gasteiger partial charge on any atom is 0.200 e. The first-order valence-electron chi connectivity index (χ1n) is 1.54. The second-order valence-corrected chi connectivity index (χ2v) is 4.48. The van der Waals surface area contributed by atoms with E-state index in [1.807, 2.05) is 0 Å². The Hall–Kier alpha value is 0.980. The lowest BCUT2D eigenvalue weighted by atomic mass is 10.9. The van der Waals surface area contributed by atoms with Crippen LogP contribution in [0.25, 0.3) is 0 Å². The summed E-state index contributed by atoms with van der Waals surface area (Å²) in [6, 6.07) is 0.